The Hall–Kier alpha value is -0.320. The number of aliphatic hydroxyl groups is 4. The van der Waals surface area contributed by atoms with E-state index in [2.05, 4.69) is 13.8 Å². The van der Waals surface area contributed by atoms with Crippen molar-refractivity contribution in [2.24, 2.45) is 40.4 Å². The molecule has 4 N–H and O–H groups in total. The van der Waals surface area contributed by atoms with Crippen LogP contribution in [0.4, 0.5) is 0 Å². The summed E-state index contributed by atoms with van der Waals surface area (Å²) in [6.45, 7) is 10.0. The quantitative estimate of drug-likeness (QED) is 0.211. The summed E-state index contributed by atoms with van der Waals surface area (Å²) in [5.74, 6) is 1.87. The van der Waals surface area contributed by atoms with Crippen LogP contribution in [-0.2, 0) is 18.9 Å². The molecule has 37 heavy (non-hydrogen) atoms. The first-order valence-corrected chi connectivity index (χ1v) is 14.6. The average Bonchev–Trinajstić information content (AvgIpc) is 3.25. The van der Waals surface area contributed by atoms with Crippen molar-refractivity contribution >= 4 is 0 Å². The molecule has 216 valence electrons. The Morgan fingerprint density at radius 3 is 1.84 bits per heavy atom. The summed E-state index contributed by atoms with van der Waals surface area (Å²) in [6.07, 6.45) is 5.39. The standard InChI is InChI=1S/C29H52O8/c1-27(2,3)26(33)35-11-10-34-24(31)21-8-6-7-9-22(21)25(32)36-17-23(30)37-28(4,5)29-14-18-12-19(15-29)20(13-18)16-29/h18-26,30-33H,6-17H2,1-5H3. The molecule has 8 heteroatoms. The van der Waals surface area contributed by atoms with E-state index in [-0.39, 0.29) is 37.1 Å². The molecule has 0 aromatic heterocycles. The molecule has 0 aliphatic heterocycles. The summed E-state index contributed by atoms with van der Waals surface area (Å²) in [6, 6.07) is 0. The smallest absolute Gasteiger partial charge is 0.178 e. The maximum atomic E-state index is 10.9. The van der Waals surface area contributed by atoms with Gasteiger partial charge in [0.05, 0.1) is 18.8 Å². The highest BCUT2D eigenvalue weighted by molar-refractivity contribution is 5.11. The summed E-state index contributed by atoms with van der Waals surface area (Å²) >= 11 is 0. The molecule has 5 fully saturated rings. The van der Waals surface area contributed by atoms with Gasteiger partial charge >= 0.3 is 0 Å². The minimum Gasteiger partial charge on any atom is -0.368 e. The van der Waals surface area contributed by atoms with Gasteiger partial charge in [0.25, 0.3) is 0 Å². The van der Waals surface area contributed by atoms with Crippen molar-refractivity contribution in [2.45, 2.75) is 123 Å². The second kappa shape index (κ2) is 11.7. The molecule has 0 amide bonds. The molecule has 0 aromatic carbocycles. The van der Waals surface area contributed by atoms with Crippen molar-refractivity contribution in [1.29, 1.82) is 0 Å². The molecule has 5 aliphatic rings. The van der Waals surface area contributed by atoms with Crippen molar-refractivity contribution in [1.82, 2.24) is 0 Å². The first-order chi connectivity index (χ1) is 17.3. The van der Waals surface area contributed by atoms with Crippen LogP contribution < -0.4 is 0 Å². The Kier molecular flexibility index (Phi) is 9.34. The van der Waals surface area contributed by atoms with Gasteiger partial charge in [0.1, 0.15) is 6.61 Å². The minimum absolute atomic E-state index is 0.115. The van der Waals surface area contributed by atoms with Crippen LogP contribution in [0.5, 0.6) is 0 Å². The predicted molar refractivity (Wildman–Crippen MR) is 138 cm³/mol. The average molecular weight is 529 g/mol. The largest absolute Gasteiger partial charge is 0.368 e. The molecule has 4 bridgehead atoms. The van der Waals surface area contributed by atoms with Crippen LogP contribution >= 0.6 is 0 Å². The third kappa shape index (κ3) is 6.71. The number of aliphatic hydroxyl groups excluding tert-OH is 4. The lowest BCUT2D eigenvalue weighted by Gasteiger charge is -2.50. The van der Waals surface area contributed by atoms with Crippen molar-refractivity contribution < 1.29 is 39.4 Å². The van der Waals surface area contributed by atoms with E-state index in [0.717, 1.165) is 37.0 Å². The van der Waals surface area contributed by atoms with Crippen LogP contribution in [0.2, 0.25) is 0 Å². The number of hydrogen-bond acceptors (Lipinski definition) is 8. The Bertz CT molecular complexity index is 716. The highest BCUT2D eigenvalue weighted by Gasteiger charge is 2.62. The fourth-order valence-electron chi connectivity index (χ4n) is 7.95. The lowest BCUT2D eigenvalue weighted by molar-refractivity contribution is -0.268. The molecule has 0 aromatic rings. The van der Waals surface area contributed by atoms with Crippen LogP contribution in [0.15, 0.2) is 0 Å². The second-order valence-corrected chi connectivity index (χ2v) is 14.0. The minimum atomic E-state index is -1.12. The first kappa shape index (κ1) is 29.7. The summed E-state index contributed by atoms with van der Waals surface area (Å²) < 4.78 is 22.9. The van der Waals surface area contributed by atoms with Gasteiger partial charge in [-0.05, 0) is 82.0 Å². The van der Waals surface area contributed by atoms with Crippen molar-refractivity contribution in [3.05, 3.63) is 0 Å². The van der Waals surface area contributed by atoms with Crippen LogP contribution in [0, 0.1) is 40.4 Å². The Morgan fingerprint density at radius 1 is 0.757 bits per heavy atom. The fourth-order valence-corrected chi connectivity index (χ4v) is 7.95. The molecule has 5 saturated carbocycles. The highest BCUT2D eigenvalue weighted by Crippen LogP contribution is 2.68. The van der Waals surface area contributed by atoms with Crippen LogP contribution in [0.25, 0.3) is 0 Å². The molecule has 8 atom stereocenters. The summed E-state index contributed by atoms with van der Waals surface area (Å²) in [5, 5.41) is 42.3. The topological polar surface area (TPSA) is 118 Å². The number of hydrogen-bond donors (Lipinski definition) is 4. The van der Waals surface area contributed by atoms with Gasteiger partial charge in [0.15, 0.2) is 25.2 Å². The van der Waals surface area contributed by atoms with Gasteiger partial charge in [-0.25, -0.2) is 0 Å². The maximum absolute atomic E-state index is 10.9. The number of rotatable bonds is 13. The zero-order valence-electron chi connectivity index (χ0n) is 23.6. The Labute approximate surface area is 223 Å². The molecule has 0 heterocycles. The van der Waals surface area contributed by atoms with Crippen molar-refractivity contribution in [2.75, 3.05) is 19.8 Å². The molecule has 0 spiro atoms. The zero-order chi connectivity index (χ0) is 27.0. The van der Waals surface area contributed by atoms with Gasteiger partial charge in [-0.15, -0.1) is 0 Å². The molecular weight excluding hydrogens is 476 g/mol. The van der Waals surface area contributed by atoms with E-state index in [1.807, 2.05) is 20.8 Å². The van der Waals surface area contributed by atoms with Crippen LogP contribution in [0.1, 0.15) is 92.4 Å². The molecule has 0 radical (unpaired) electrons. The predicted octanol–water partition coefficient (Wildman–Crippen LogP) is 3.78. The number of ether oxygens (including phenoxy) is 4. The first-order valence-electron chi connectivity index (χ1n) is 14.6. The molecular formula is C29H52O8. The van der Waals surface area contributed by atoms with E-state index in [0.29, 0.717) is 6.42 Å². The summed E-state index contributed by atoms with van der Waals surface area (Å²) in [5.41, 5.74) is -0.716. The van der Waals surface area contributed by atoms with E-state index >= 15 is 0 Å². The highest BCUT2D eigenvalue weighted by atomic mass is 16.7. The maximum Gasteiger partial charge on any atom is 0.178 e. The lowest BCUT2D eigenvalue weighted by atomic mass is 9.61. The summed E-state index contributed by atoms with van der Waals surface area (Å²) in [4.78, 5) is 0. The monoisotopic (exact) mass is 528 g/mol. The third-order valence-corrected chi connectivity index (χ3v) is 10.0. The normalized spacial score (nSPS) is 37.1. The van der Waals surface area contributed by atoms with Gasteiger partial charge in [-0.1, -0.05) is 33.6 Å². The zero-order valence-corrected chi connectivity index (χ0v) is 23.6. The van der Waals surface area contributed by atoms with E-state index in [9.17, 15) is 20.4 Å². The fraction of sp³-hybridized carbons (Fsp3) is 1.00. The van der Waals surface area contributed by atoms with Crippen LogP contribution in [-0.4, -0.2) is 71.0 Å². The lowest BCUT2D eigenvalue weighted by Crippen LogP contribution is -2.50. The second-order valence-electron chi connectivity index (χ2n) is 14.0. The van der Waals surface area contributed by atoms with E-state index in [4.69, 9.17) is 18.9 Å². The van der Waals surface area contributed by atoms with Gasteiger partial charge in [0, 0.05) is 17.3 Å². The molecule has 8 unspecified atom stereocenters. The van der Waals surface area contributed by atoms with Crippen molar-refractivity contribution in [3.8, 4) is 0 Å². The van der Waals surface area contributed by atoms with Gasteiger partial charge < -0.3 is 39.4 Å². The van der Waals surface area contributed by atoms with E-state index < -0.39 is 36.2 Å². The van der Waals surface area contributed by atoms with Gasteiger partial charge in [-0.3, -0.25) is 0 Å². The van der Waals surface area contributed by atoms with Crippen molar-refractivity contribution in [3.63, 3.8) is 0 Å². The molecule has 8 nitrogen and oxygen atoms in total. The van der Waals surface area contributed by atoms with E-state index in [1.165, 1.54) is 32.1 Å². The SMILES string of the molecule is CC(C)(C)C(O)OCCOC(O)C1CCCCC1C(O)OCC(O)OC(C)(C)C12CC3CC(C1)C(C3)C2. The van der Waals surface area contributed by atoms with Gasteiger partial charge in [0.2, 0.25) is 0 Å². The third-order valence-electron chi connectivity index (χ3n) is 10.0. The van der Waals surface area contributed by atoms with Gasteiger partial charge in [-0.2, -0.15) is 0 Å². The molecule has 5 aliphatic carbocycles. The Morgan fingerprint density at radius 2 is 1.30 bits per heavy atom. The molecule has 5 rings (SSSR count). The van der Waals surface area contributed by atoms with E-state index in [1.54, 1.807) is 0 Å². The Balaban J connectivity index is 1.22. The van der Waals surface area contributed by atoms with Crippen LogP contribution in [0.3, 0.4) is 0 Å². The molecule has 0 saturated heterocycles. The summed E-state index contributed by atoms with van der Waals surface area (Å²) in [7, 11) is 0.